The SMILES string of the molecule is ClCCCCCCCOc1ccc(-c2ccccc2)cc1. The molecule has 0 aliphatic rings. The molecule has 2 aromatic carbocycles. The molecule has 0 radical (unpaired) electrons. The molecule has 0 aliphatic carbocycles. The van der Waals surface area contributed by atoms with Crippen LogP contribution in [-0.2, 0) is 0 Å². The average molecular weight is 303 g/mol. The van der Waals surface area contributed by atoms with Crippen LogP contribution in [0.25, 0.3) is 11.1 Å². The van der Waals surface area contributed by atoms with Gasteiger partial charge >= 0.3 is 0 Å². The number of rotatable bonds is 9. The van der Waals surface area contributed by atoms with Crippen molar-refractivity contribution in [1.29, 1.82) is 0 Å². The number of alkyl halides is 1. The zero-order valence-electron chi connectivity index (χ0n) is 12.4. The van der Waals surface area contributed by atoms with Crippen molar-refractivity contribution in [2.45, 2.75) is 32.1 Å². The molecule has 0 atom stereocenters. The molecule has 0 amide bonds. The van der Waals surface area contributed by atoms with E-state index in [0.29, 0.717) is 0 Å². The van der Waals surface area contributed by atoms with Gasteiger partial charge in [0.2, 0.25) is 0 Å². The molecule has 0 aliphatic heterocycles. The average Bonchev–Trinajstić information content (AvgIpc) is 2.55. The van der Waals surface area contributed by atoms with E-state index in [1.165, 1.54) is 30.4 Å². The summed E-state index contributed by atoms with van der Waals surface area (Å²) >= 11 is 5.65. The second kappa shape index (κ2) is 9.46. The van der Waals surface area contributed by atoms with Crippen LogP contribution in [0.15, 0.2) is 54.6 Å². The molecular formula is C19H23ClO. The van der Waals surface area contributed by atoms with Gasteiger partial charge in [-0.3, -0.25) is 0 Å². The molecule has 0 saturated heterocycles. The van der Waals surface area contributed by atoms with Crippen molar-refractivity contribution in [3.63, 3.8) is 0 Å². The molecule has 2 aromatic rings. The molecule has 0 unspecified atom stereocenters. The van der Waals surface area contributed by atoms with Gasteiger partial charge in [-0.05, 0) is 36.1 Å². The van der Waals surface area contributed by atoms with Crippen molar-refractivity contribution < 1.29 is 4.74 Å². The fraction of sp³-hybridized carbons (Fsp3) is 0.368. The zero-order chi connectivity index (χ0) is 14.8. The van der Waals surface area contributed by atoms with E-state index in [1.807, 2.05) is 6.07 Å². The Morgan fingerprint density at radius 2 is 1.29 bits per heavy atom. The van der Waals surface area contributed by atoms with Gasteiger partial charge in [-0.15, -0.1) is 11.6 Å². The summed E-state index contributed by atoms with van der Waals surface area (Å²) in [6, 6.07) is 18.7. The molecule has 0 heterocycles. The normalized spacial score (nSPS) is 10.5. The van der Waals surface area contributed by atoms with E-state index < -0.39 is 0 Å². The van der Waals surface area contributed by atoms with Gasteiger partial charge in [-0.2, -0.15) is 0 Å². The molecule has 0 bridgehead atoms. The Morgan fingerprint density at radius 3 is 2.00 bits per heavy atom. The lowest BCUT2D eigenvalue weighted by Crippen LogP contribution is -1.97. The topological polar surface area (TPSA) is 9.23 Å². The van der Waals surface area contributed by atoms with Gasteiger partial charge in [0, 0.05) is 5.88 Å². The minimum Gasteiger partial charge on any atom is -0.494 e. The van der Waals surface area contributed by atoms with Crippen molar-refractivity contribution in [3.8, 4) is 16.9 Å². The van der Waals surface area contributed by atoms with Crippen LogP contribution in [0.3, 0.4) is 0 Å². The van der Waals surface area contributed by atoms with Crippen LogP contribution in [0.2, 0.25) is 0 Å². The van der Waals surface area contributed by atoms with Crippen molar-refractivity contribution in [2.75, 3.05) is 12.5 Å². The maximum Gasteiger partial charge on any atom is 0.119 e. The van der Waals surface area contributed by atoms with Crippen molar-refractivity contribution in [3.05, 3.63) is 54.6 Å². The van der Waals surface area contributed by atoms with E-state index in [1.54, 1.807) is 0 Å². The third-order valence-electron chi connectivity index (χ3n) is 3.51. The lowest BCUT2D eigenvalue weighted by molar-refractivity contribution is 0.304. The molecule has 1 nitrogen and oxygen atoms in total. The van der Waals surface area contributed by atoms with Crippen LogP contribution >= 0.6 is 11.6 Å². The first-order valence-electron chi connectivity index (χ1n) is 7.74. The second-order valence-electron chi connectivity index (χ2n) is 5.20. The Bertz CT molecular complexity index is 493. The Balaban J connectivity index is 1.71. The van der Waals surface area contributed by atoms with Crippen LogP contribution in [-0.4, -0.2) is 12.5 Å². The highest BCUT2D eigenvalue weighted by atomic mass is 35.5. The Kier molecular flexibility index (Phi) is 7.17. The number of benzene rings is 2. The van der Waals surface area contributed by atoms with E-state index in [2.05, 4.69) is 48.5 Å². The van der Waals surface area contributed by atoms with E-state index in [9.17, 15) is 0 Å². The van der Waals surface area contributed by atoms with Crippen LogP contribution in [0.4, 0.5) is 0 Å². The summed E-state index contributed by atoms with van der Waals surface area (Å²) in [6.07, 6.45) is 5.95. The molecule has 0 saturated carbocycles. The summed E-state index contributed by atoms with van der Waals surface area (Å²) < 4.78 is 5.78. The summed E-state index contributed by atoms with van der Waals surface area (Å²) in [7, 11) is 0. The predicted octanol–water partition coefficient (Wildman–Crippen LogP) is 5.92. The fourth-order valence-electron chi connectivity index (χ4n) is 2.29. The minimum atomic E-state index is 0.782. The smallest absolute Gasteiger partial charge is 0.119 e. The first-order valence-corrected chi connectivity index (χ1v) is 8.28. The third kappa shape index (κ3) is 5.81. The predicted molar refractivity (Wildman–Crippen MR) is 91.2 cm³/mol. The molecule has 21 heavy (non-hydrogen) atoms. The number of hydrogen-bond acceptors (Lipinski definition) is 1. The first kappa shape index (κ1) is 15.9. The number of hydrogen-bond donors (Lipinski definition) is 0. The first-order chi connectivity index (χ1) is 10.4. The fourth-order valence-corrected chi connectivity index (χ4v) is 2.48. The molecule has 0 spiro atoms. The molecule has 2 heteroatoms. The largest absolute Gasteiger partial charge is 0.494 e. The van der Waals surface area contributed by atoms with Gasteiger partial charge in [-0.1, -0.05) is 61.7 Å². The molecular weight excluding hydrogens is 280 g/mol. The van der Waals surface area contributed by atoms with Gasteiger partial charge in [0.15, 0.2) is 0 Å². The van der Waals surface area contributed by atoms with E-state index >= 15 is 0 Å². The zero-order valence-corrected chi connectivity index (χ0v) is 13.2. The van der Waals surface area contributed by atoms with E-state index in [0.717, 1.165) is 31.1 Å². The van der Waals surface area contributed by atoms with E-state index in [-0.39, 0.29) is 0 Å². The molecule has 112 valence electrons. The monoisotopic (exact) mass is 302 g/mol. The molecule has 0 aromatic heterocycles. The highest BCUT2D eigenvalue weighted by Crippen LogP contribution is 2.22. The van der Waals surface area contributed by atoms with Crippen molar-refractivity contribution >= 4 is 11.6 Å². The summed E-state index contributed by atoms with van der Waals surface area (Å²) in [4.78, 5) is 0. The van der Waals surface area contributed by atoms with Crippen LogP contribution in [0, 0.1) is 0 Å². The number of ether oxygens (including phenoxy) is 1. The maximum absolute atomic E-state index is 5.78. The van der Waals surface area contributed by atoms with E-state index in [4.69, 9.17) is 16.3 Å². The number of halogens is 1. The van der Waals surface area contributed by atoms with Gasteiger partial charge < -0.3 is 4.74 Å². The number of unbranched alkanes of at least 4 members (excludes halogenated alkanes) is 4. The lowest BCUT2D eigenvalue weighted by Gasteiger charge is -2.07. The summed E-state index contributed by atoms with van der Waals surface area (Å²) in [5.41, 5.74) is 2.47. The van der Waals surface area contributed by atoms with Crippen LogP contribution < -0.4 is 4.74 Å². The molecule has 0 N–H and O–H groups in total. The standard InChI is InChI=1S/C19H23ClO/c20-15-7-2-1-3-8-16-21-19-13-11-18(12-14-19)17-9-5-4-6-10-17/h4-6,9-14H,1-3,7-8,15-16H2. The maximum atomic E-state index is 5.78. The quantitative estimate of drug-likeness (QED) is 0.412. The van der Waals surface area contributed by atoms with Crippen LogP contribution in [0.1, 0.15) is 32.1 Å². The van der Waals surface area contributed by atoms with Gasteiger partial charge in [0.05, 0.1) is 6.61 Å². The van der Waals surface area contributed by atoms with Crippen molar-refractivity contribution in [1.82, 2.24) is 0 Å². The summed E-state index contributed by atoms with van der Waals surface area (Å²) in [5.74, 6) is 1.74. The third-order valence-corrected chi connectivity index (χ3v) is 3.78. The van der Waals surface area contributed by atoms with Crippen molar-refractivity contribution in [2.24, 2.45) is 0 Å². The summed E-state index contributed by atoms with van der Waals surface area (Å²) in [6.45, 7) is 0.797. The van der Waals surface area contributed by atoms with Gasteiger partial charge in [-0.25, -0.2) is 0 Å². The Labute approximate surface area is 132 Å². The van der Waals surface area contributed by atoms with Gasteiger partial charge in [0.25, 0.3) is 0 Å². The lowest BCUT2D eigenvalue weighted by atomic mass is 10.1. The second-order valence-corrected chi connectivity index (χ2v) is 5.57. The molecule has 0 fully saturated rings. The van der Waals surface area contributed by atoms with Gasteiger partial charge in [0.1, 0.15) is 5.75 Å². The highest BCUT2D eigenvalue weighted by Gasteiger charge is 1.98. The molecule has 2 rings (SSSR count). The summed E-state index contributed by atoms with van der Waals surface area (Å²) in [5, 5.41) is 0. The Morgan fingerprint density at radius 1 is 0.667 bits per heavy atom. The minimum absolute atomic E-state index is 0.782. The Hall–Kier alpha value is -1.47. The highest BCUT2D eigenvalue weighted by molar-refractivity contribution is 6.17. The van der Waals surface area contributed by atoms with Crippen LogP contribution in [0.5, 0.6) is 5.75 Å².